The summed E-state index contributed by atoms with van der Waals surface area (Å²) >= 11 is 0. The maximum Gasteiger partial charge on any atom is 0.226 e. The number of oxazole rings is 1. The van der Waals surface area contributed by atoms with Gasteiger partial charge in [-0.15, -0.1) is 5.92 Å². The minimum atomic E-state index is -0.424. The molecule has 0 aliphatic carbocycles. The normalized spacial score (nSPS) is 10.7. The Kier molecular flexibility index (Phi) is 5.94. The van der Waals surface area contributed by atoms with Gasteiger partial charge < -0.3 is 13.6 Å². The lowest BCUT2D eigenvalue weighted by Crippen LogP contribution is -2.23. The van der Waals surface area contributed by atoms with Crippen molar-refractivity contribution in [3.05, 3.63) is 59.6 Å². The van der Waals surface area contributed by atoms with Crippen LogP contribution in [0.1, 0.15) is 24.1 Å². The zero-order valence-corrected chi connectivity index (χ0v) is 15.6. The topological polar surface area (TPSA) is 51.6 Å². The van der Waals surface area contributed by atoms with Gasteiger partial charge in [0, 0.05) is 12.1 Å². The summed E-state index contributed by atoms with van der Waals surface area (Å²) in [5.41, 5.74) is 1.46. The maximum atomic E-state index is 13.6. The lowest BCUT2D eigenvalue weighted by atomic mass is 10.2. The van der Waals surface area contributed by atoms with Crippen molar-refractivity contribution in [3.8, 4) is 29.0 Å². The van der Waals surface area contributed by atoms with Gasteiger partial charge >= 0.3 is 0 Å². The van der Waals surface area contributed by atoms with E-state index in [9.17, 15) is 4.39 Å². The quantitative estimate of drug-likeness (QED) is 0.578. The van der Waals surface area contributed by atoms with Gasteiger partial charge in [0.2, 0.25) is 5.89 Å². The molecule has 0 fully saturated rings. The second-order valence-corrected chi connectivity index (χ2v) is 6.02. The number of ether oxygens (including phenoxy) is 1. The van der Waals surface area contributed by atoms with Crippen LogP contribution in [-0.4, -0.2) is 23.5 Å². The first kappa shape index (κ1) is 18.7. The molecule has 0 bridgehead atoms. The van der Waals surface area contributed by atoms with Crippen LogP contribution in [0.15, 0.2) is 45.4 Å². The molecule has 3 rings (SSSR count). The monoisotopic (exact) mass is 368 g/mol. The van der Waals surface area contributed by atoms with Crippen molar-refractivity contribution in [2.24, 2.45) is 0 Å². The Hall–Kier alpha value is -3.04. The summed E-state index contributed by atoms with van der Waals surface area (Å²) in [7, 11) is 1.43. The second kappa shape index (κ2) is 8.56. The fourth-order valence-electron chi connectivity index (χ4n) is 2.68. The number of hydrogen-bond donors (Lipinski definition) is 0. The Bertz CT molecular complexity index is 952. The van der Waals surface area contributed by atoms with Crippen molar-refractivity contribution in [3.63, 3.8) is 0 Å². The molecule has 6 heteroatoms. The van der Waals surface area contributed by atoms with Gasteiger partial charge in [-0.3, -0.25) is 4.90 Å². The number of aromatic nitrogens is 1. The summed E-state index contributed by atoms with van der Waals surface area (Å²) in [6.07, 6.45) is 1.65. The van der Waals surface area contributed by atoms with E-state index in [0.717, 1.165) is 11.5 Å². The third kappa shape index (κ3) is 4.57. The summed E-state index contributed by atoms with van der Waals surface area (Å²) in [6.45, 7) is 5.44. The molecule has 0 amide bonds. The van der Waals surface area contributed by atoms with Crippen molar-refractivity contribution in [1.29, 1.82) is 0 Å². The fourth-order valence-corrected chi connectivity index (χ4v) is 2.68. The smallest absolute Gasteiger partial charge is 0.226 e. The van der Waals surface area contributed by atoms with Gasteiger partial charge in [0.1, 0.15) is 11.5 Å². The highest BCUT2D eigenvalue weighted by Crippen LogP contribution is 2.27. The van der Waals surface area contributed by atoms with Crippen LogP contribution in [0.2, 0.25) is 0 Å². The maximum absolute atomic E-state index is 13.6. The van der Waals surface area contributed by atoms with E-state index >= 15 is 0 Å². The minimum absolute atomic E-state index is 0.155. The van der Waals surface area contributed by atoms with Crippen molar-refractivity contribution in [2.45, 2.75) is 26.9 Å². The predicted octanol–water partition coefficient (Wildman–Crippen LogP) is 4.42. The van der Waals surface area contributed by atoms with Gasteiger partial charge in [-0.2, -0.15) is 0 Å². The predicted molar refractivity (Wildman–Crippen MR) is 99.5 cm³/mol. The molecule has 0 aliphatic heterocycles. The zero-order chi connectivity index (χ0) is 19.2. The van der Waals surface area contributed by atoms with Crippen molar-refractivity contribution in [2.75, 3.05) is 13.7 Å². The standard InChI is InChI=1S/C21H21FN2O3/c1-4-5-10-24(13-17-7-6-11-26-17)14-19-15(2)27-21(23-19)16-8-9-18(22)20(12-16)25-3/h6-9,11-12H,10,13-14H2,1-3H3. The molecule has 0 saturated heterocycles. The van der Waals surface area contributed by atoms with Gasteiger partial charge in [-0.1, -0.05) is 5.92 Å². The number of methoxy groups -OCH3 is 1. The SMILES string of the molecule is CC#CCN(Cc1ccco1)Cc1nc(-c2ccc(F)c(OC)c2)oc1C. The molecular formula is C21H21FN2O3. The Labute approximate surface area is 157 Å². The molecule has 2 heterocycles. The Morgan fingerprint density at radius 3 is 2.81 bits per heavy atom. The van der Waals surface area contributed by atoms with E-state index in [-0.39, 0.29) is 5.75 Å². The van der Waals surface area contributed by atoms with Gasteiger partial charge in [0.05, 0.1) is 32.2 Å². The van der Waals surface area contributed by atoms with Crippen molar-refractivity contribution < 1.29 is 18.0 Å². The first-order valence-corrected chi connectivity index (χ1v) is 8.55. The summed E-state index contributed by atoms with van der Waals surface area (Å²) in [6, 6.07) is 8.33. The summed E-state index contributed by atoms with van der Waals surface area (Å²) in [5.74, 6) is 7.72. The third-order valence-corrected chi connectivity index (χ3v) is 4.10. The van der Waals surface area contributed by atoms with Crippen LogP contribution in [0.3, 0.4) is 0 Å². The van der Waals surface area contributed by atoms with Gasteiger partial charge in [-0.05, 0) is 44.2 Å². The average Bonchev–Trinajstić information content (AvgIpc) is 3.30. The van der Waals surface area contributed by atoms with Crippen LogP contribution < -0.4 is 4.74 Å². The van der Waals surface area contributed by atoms with E-state index in [4.69, 9.17) is 13.6 Å². The van der Waals surface area contributed by atoms with Crippen molar-refractivity contribution >= 4 is 0 Å². The van der Waals surface area contributed by atoms with E-state index in [1.165, 1.54) is 13.2 Å². The zero-order valence-electron chi connectivity index (χ0n) is 15.6. The number of rotatable bonds is 7. The van der Waals surface area contributed by atoms with Gasteiger partial charge in [0.15, 0.2) is 11.6 Å². The second-order valence-electron chi connectivity index (χ2n) is 6.02. The number of hydrogen-bond acceptors (Lipinski definition) is 5. The largest absolute Gasteiger partial charge is 0.494 e. The van der Waals surface area contributed by atoms with E-state index in [0.29, 0.717) is 36.8 Å². The molecular weight excluding hydrogens is 347 g/mol. The fraction of sp³-hybridized carbons (Fsp3) is 0.286. The lowest BCUT2D eigenvalue weighted by molar-refractivity contribution is 0.260. The van der Waals surface area contributed by atoms with Crippen molar-refractivity contribution in [1.82, 2.24) is 9.88 Å². The van der Waals surface area contributed by atoms with Gasteiger partial charge in [-0.25, -0.2) is 9.37 Å². The van der Waals surface area contributed by atoms with Crippen LogP contribution in [-0.2, 0) is 13.1 Å². The molecule has 0 radical (unpaired) electrons. The molecule has 0 atom stereocenters. The Morgan fingerprint density at radius 1 is 1.26 bits per heavy atom. The Balaban J connectivity index is 1.82. The highest BCUT2D eigenvalue weighted by Gasteiger charge is 2.17. The average molecular weight is 368 g/mol. The van der Waals surface area contributed by atoms with E-state index in [1.54, 1.807) is 18.4 Å². The minimum Gasteiger partial charge on any atom is -0.494 e. The molecule has 0 spiro atoms. The number of benzene rings is 1. The molecule has 0 unspecified atom stereocenters. The van der Waals surface area contributed by atoms with E-state index < -0.39 is 5.82 Å². The summed E-state index contributed by atoms with van der Waals surface area (Å²) < 4.78 is 29.9. The van der Waals surface area contributed by atoms with Crippen LogP contribution >= 0.6 is 0 Å². The van der Waals surface area contributed by atoms with Crippen LogP contribution in [0.4, 0.5) is 4.39 Å². The summed E-state index contributed by atoms with van der Waals surface area (Å²) in [4.78, 5) is 6.72. The molecule has 27 heavy (non-hydrogen) atoms. The molecule has 0 N–H and O–H groups in total. The van der Waals surface area contributed by atoms with Crippen LogP contribution in [0.5, 0.6) is 5.75 Å². The molecule has 0 saturated carbocycles. The number of aryl methyl sites for hydroxylation is 1. The molecule has 2 aromatic heterocycles. The highest BCUT2D eigenvalue weighted by atomic mass is 19.1. The molecule has 1 aromatic carbocycles. The summed E-state index contributed by atoms with van der Waals surface area (Å²) in [5, 5.41) is 0. The number of halogens is 1. The number of furan rings is 1. The van der Waals surface area contributed by atoms with Crippen LogP contribution in [0, 0.1) is 24.6 Å². The first-order chi connectivity index (χ1) is 13.1. The Morgan fingerprint density at radius 2 is 2.11 bits per heavy atom. The molecule has 3 aromatic rings. The van der Waals surface area contributed by atoms with Gasteiger partial charge in [0.25, 0.3) is 0 Å². The molecule has 5 nitrogen and oxygen atoms in total. The van der Waals surface area contributed by atoms with Crippen LogP contribution in [0.25, 0.3) is 11.5 Å². The number of nitrogens with zero attached hydrogens (tertiary/aromatic N) is 2. The van der Waals surface area contributed by atoms with E-state index in [1.807, 2.05) is 26.0 Å². The highest BCUT2D eigenvalue weighted by molar-refractivity contribution is 5.56. The van der Waals surface area contributed by atoms with E-state index in [2.05, 4.69) is 21.7 Å². The third-order valence-electron chi connectivity index (χ3n) is 4.10. The first-order valence-electron chi connectivity index (χ1n) is 8.55. The molecule has 140 valence electrons. The lowest BCUT2D eigenvalue weighted by Gasteiger charge is -2.17. The molecule has 0 aliphatic rings.